The first-order chi connectivity index (χ1) is 7.74. The summed E-state index contributed by atoms with van der Waals surface area (Å²) < 4.78 is 0. The summed E-state index contributed by atoms with van der Waals surface area (Å²) in [6, 6.07) is 4.07. The van der Waals surface area contributed by atoms with Crippen LogP contribution < -0.4 is 5.32 Å². The van der Waals surface area contributed by atoms with Gasteiger partial charge in [-0.2, -0.15) is 0 Å². The maximum Gasteiger partial charge on any atom is 0.0570 e. The van der Waals surface area contributed by atoms with Gasteiger partial charge in [0.05, 0.1) is 5.69 Å². The van der Waals surface area contributed by atoms with E-state index in [1.165, 1.54) is 18.4 Å². The lowest BCUT2D eigenvalue weighted by Crippen LogP contribution is -2.17. The van der Waals surface area contributed by atoms with Crippen LogP contribution in [0.25, 0.3) is 0 Å². The standard InChI is InChI=1S/C13H21ClN2/c1-11(9-14)5-3-7-15-10-13-12(2)6-4-8-16-13/h4,6,8,11,15H,3,5,7,9-10H2,1-2H3. The van der Waals surface area contributed by atoms with Crippen LogP contribution in [0.1, 0.15) is 31.0 Å². The SMILES string of the molecule is Cc1cccnc1CNCCCC(C)CCl. The molecular weight excluding hydrogens is 220 g/mol. The fourth-order valence-electron chi connectivity index (χ4n) is 1.56. The maximum absolute atomic E-state index is 5.75. The van der Waals surface area contributed by atoms with E-state index in [0.29, 0.717) is 5.92 Å². The van der Waals surface area contributed by atoms with Crippen LogP contribution in [0.5, 0.6) is 0 Å². The Morgan fingerprint density at radius 1 is 1.50 bits per heavy atom. The van der Waals surface area contributed by atoms with E-state index >= 15 is 0 Å². The molecule has 0 spiro atoms. The van der Waals surface area contributed by atoms with Crippen molar-refractivity contribution in [1.29, 1.82) is 0 Å². The lowest BCUT2D eigenvalue weighted by molar-refractivity contribution is 0.529. The Balaban J connectivity index is 2.14. The van der Waals surface area contributed by atoms with Gasteiger partial charge in [-0.05, 0) is 43.9 Å². The van der Waals surface area contributed by atoms with Crippen LogP contribution in [0.3, 0.4) is 0 Å². The molecule has 2 nitrogen and oxygen atoms in total. The molecule has 1 unspecified atom stereocenters. The Hall–Kier alpha value is -0.600. The Morgan fingerprint density at radius 3 is 3.00 bits per heavy atom. The molecule has 1 aromatic rings. The van der Waals surface area contributed by atoms with Crippen molar-refractivity contribution < 1.29 is 0 Å². The van der Waals surface area contributed by atoms with E-state index in [1.54, 1.807) is 0 Å². The van der Waals surface area contributed by atoms with E-state index in [4.69, 9.17) is 11.6 Å². The highest BCUT2D eigenvalue weighted by molar-refractivity contribution is 6.18. The number of nitrogens with one attached hydrogen (secondary N) is 1. The van der Waals surface area contributed by atoms with E-state index in [0.717, 1.165) is 24.7 Å². The molecule has 0 aliphatic rings. The topological polar surface area (TPSA) is 24.9 Å². The van der Waals surface area contributed by atoms with Crippen LogP contribution >= 0.6 is 11.6 Å². The first kappa shape index (κ1) is 13.5. The molecule has 1 heterocycles. The third kappa shape index (κ3) is 4.95. The third-order valence-corrected chi connectivity index (χ3v) is 3.25. The number of rotatable bonds is 7. The monoisotopic (exact) mass is 240 g/mol. The molecule has 1 atom stereocenters. The molecule has 90 valence electrons. The molecule has 0 saturated heterocycles. The van der Waals surface area contributed by atoms with Crippen molar-refractivity contribution >= 4 is 11.6 Å². The Bertz CT molecular complexity index is 302. The molecule has 0 fully saturated rings. The summed E-state index contributed by atoms with van der Waals surface area (Å²) in [6.07, 6.45) is 4.22. The predicted molar refractivity (Wildman–Crippen MR) is 69.8 cm³/mol. The number of halogens is 1. The predicted octanol–water partition coefficient (Wildman–Crippen LogP) is 3.13. The molecule has 1 rings (SSSR count). The quantitative estimate of drug-likeness (QED) is 0.585. The van der Waals surface area contributed by atoms with Gasteiger partial charge in [0.15, 0.2) is 0 Å². The number of hydrogen-bond donors (Lipinski definition) is 1. The third-order valence-electron chi connectivity index (χ3n) is 2.72. The number of pyridine rings is 1. The molecule has 0 radical (unpaired) electrons. The van der Waals surface area contributed by atoms with Crippen molar-refractivity contribution in [1.82, 2.24) is 10.3 Å². The average Bonchev–Trinajstić information content (AvgIpc) is 2.30. The smallest absolute Gasteiger partial charge is 0.0570 e. The highest BCUT2D eigenvalue weighted by Gasteiger charge is 2.00. The highest BCUT2D eigenvalue weighted by Crippen LogP contribution is 2.06. The van der Waals surface area contributed by atoms with E-state index in [-0.39, 0.29) is 0 Å². The second kappa shape index (κ2) is 7.64. The molecule has 3 heteroatoms. The van der Waals surface area contributed by atoms with Gasteiger partial charge in [-0.1, -0.05) is 13.0 Å². The Labute approximate surface area is 103 Å². The highest BCUT2D eigenvalue weighted by atomic mass is 35.5. The molecule has 0 aliphatic carbocycles. The van der Waals surface area contributed by atoms with Crippen LogP contribution in [0.15, 0.2) is 18.3 Å². The minimum atomic E-state index is 0.625. The lowest BCUT2D eigenvalue weighted by Gasteiger charge is -2.08. The largest absolute Gasteiger partial charge is 0.311 e. The molecule has 0 bridgehead atoms. The van der Waals surface area contributed by atoms with Crippen molar-refractivity contribution in [2.45, 2.75) is 33.2 Å². The minimum absolute atomic E-state index is 0.625. The second-order valence-electron chi connectivity index (χ2n) is 4.35. The van der Waals surface area contributed by atoms with E-state index in [1.807, 2.05) is 12.3 Å². The molecular formula is C13H21ClN2. The van der Waals surface area contributed by atoms with Gasteiger partial charge in [0.1, 0.15) is 0 Å². The summed E-state index contributed by atoms with van der Waals surface area (Å²) in [5, 5.41) is 3.42. The zero-order valence-corrected chi connectivity index (χ0v) is 10.9. The zero-order chi connectivity index (χ0) is 11.8. The number of aromatic nitrogens is 1. The van der Waals surface area contributed by atoms with Crippen molar-refractivity contribution in [3.8, 4) is 0 Å². The van der Waals surface area contributed by atoms with Crippen LogP contribution in [0.4, 0.5) is 0 Å². The van der Waals surface area contributed by atoms with Gasteiger partial charge in [0.2, 0.25) is 0 Å². The summed E-state index contributed by atoms with van der Waals surface area (Å²) >= 11 is 5.75. The van der Waals surface area contributed by atoms with Crippen molar-refractivity contribution in [2.75, 3.05) is 12.4 Å². The Morgan fingerprint density at radius 2 is 2.31 bits per heavy atom. The maximum atomic E-state index is 5.75. The lowest BCUT2D eigenvalue weighted by atomic mass is 10.1. The second-order valence-corrected chi connectivity index (χ2v) is 4.65. The van der Waals surface area contributed by atoms with Gasteiger partial charge >= 0.3 is 0 Å². The summed E-state index contributed by atoms with van der Waals surface area (Å²) in [6.45, 7) is 6.19. The minimum Gasteiger partial charge on any atom is -0.311 e. The summed E-state index contributed by atoms with van der Waals surface area (Å²) in [5.41, 5.74) is 2.40. The molecule has 0 aliphatic heterocycles. The summed E-state index contributed by atoms with van der Waals surface area (Å²) in [5.74, 6) is 1.39. The van der Waals surface area contributed by atoms with Crippen LogP contribution in [-0.4, -0.2) is 17.4 Å². The van der Waals surface area contributed by atoms with Crippen molar-refractivity contribution in [2.24, 2.45) is 5.92 Å². The molecule has 0 saturated carbocycles. The van der Waals surface area contributed by atoms with Crippen molar-refractivity contribution in [3.63, 3.8) is 0 Å². The number of nitrogens with zero attached hydrogens (tertiary/aromatic N) is 1. The van der Waals surface area contributed by atoms with Gasteiger partial charge in [-0.25, -0.2) is 0 Å². The molecule has 0 amide bonds. The molecule has 0 aromatic carbocycles. The number of aryl methyl sites for hydroxylation is 1. The fraction of sp³-hybridized carbons (Fsp3) is 0.615. The molecule has 1 aromatic heterocycles. The van der Waals surface area contributed by atoms with Gasteiger partial charge in [-0.15, -0.1) is 11.6 Å². The Kier molecular flexibility index (Phi) is 6.43. The normalized spacial score (nSPS) is 12.7. The van der Waals surface area contributed by atoms with Crippen LogP contribution in [0.2, 0.25) is 0 Å². The van der Waals surface area contributed by atoms with Crippen LogP contribution in [-0.2, 0) is 6.54 Å². The first-order valence-electron chi connectivity index (χ1n) is 5.91. The van der Waals surface area contributed by atoms with Gasteiger partial charge in [-0.3, -0.25) is 4.98 Å². The molecule has 1 N–H and O–H groups in total. The van der Waals surface area contributed by atoms with E-state index < -0.39 is 0 Å². The van der Waals surface area contributed by atoms with E-state index in [2.05, 4.69) is 30.2 Å². The number of alkyl halides is 1. The van der Waals surface area contributed by atoms with E-state index in [9.17, 15) is 0 Å². The average molecular weight is 241 g/mol. The van der Waals surface area contributed by atoms with Gasteiger partial charge < -0.3 is 5.32 Å². The fourth-order valence-corrected chi connectivity index (χ4v) is 1.72. The molecule has 16 heavy (non-hydrogen) atoms. The first-order valence-corrected chi connectivity index (χ1v) is 6.44. The zero-order valence-electron chi connectivity index (χ0n) is 10.2. The van der Waals surface area contributed by atoms with Gasteiger partial charge in [0, 0.05) is 18.6 Å². The summed E-state index contributed by atoms with van der Waals surface area (Å²) in [4.78, 5) is 4.34. The summed E-state index contributed by atoms with van der Waals surface area (Å²) in [7, 11) is 0. The van der Waals surface area contributed by atoms with Gasteiger partial charge in [0.25, 0.3) is 0 Å². The number of hydrogen-bond acceptors (Lipinski definition) is 2. The van der Waals surface area contributed by atoms with Crippen molar-refractivity contribution in [3.05, 3.63) is 29.6 Å². The van der Waals surface area contributed by atoms with Crippen LogP contribution in [0, 0.1) is 12.8 Å².